The number of H-pyrrole nitrogens is 1. The van der Waals surface area contributed by atoms with Gasteiger partial charge in [-0.1, -0.05) is 0 Å². The van der Waals surface area contributed by atoms with Gasteiger partial charge in [-0.05, 0) is 98.5 Å². The molecule has 1 aromatic heterocycles. The van der Waals surface area contributed by atoms with Crippen molar-refractivity contribution in [1.82, 2.24) is 15.2 Å². The minimum atomic E-state index is -0.453. The maximum atomic E-state index is 12.3. The van der Waals surface area contributed by atoms with Crippen molar-refractivity contribution >= 4 is 16.8 Å². The molecule has 3 aromatic rings. The van der Waals surface area contributed by atoms with Crippen molar-refractivity contribution in [2.24, 2.45) is 5.73 Å². The van der Waals surface area contributed by atoms with Crippen molar-refractivity contribution in [3.05, 3.63) is 58.8 Å². The summed E-state index contributed by atoms with van der Waals surface area (Å²) in [5, 5.41) is 14.0. The van der Waals surface area contributed by atoms with Crippen molar-refractivity contribution in [1.29, 1.82) is 5.26 Å². The molecule has 4 N–H and O–H groups in total. The first kappa shape index (κ1) is 20.1. The van der Waals surface area contributed by atoms with Crippen molar-refractivity contribution in [2.45, 2.75) is 25.3 Å². The highest BCUT2D eigenvalue weighted by Crippen LogP contribution is 2.36. The lowest BCUT2D eigenvalue weighted by Crippen LogP contribution is -2.26. The number of primary amides is 1. The highest BCUT2D eigenvalue weighted by atomic mass is 16.1. The Labute approximate surface area is 176 Å². The number of aromatic amines is 1. The fourth-order valence-corrected chi connectivity index (χ4v) is 4.46. The number of nitriles is 1. The minimum absolute atomic E-state index is 0.450. The Morgan fingerprint density at radius 1 is 1.17 bits per heavy atom. The summed E-state index contributed by atoms with van der Waals surface area (Å²) in [6.07, 6.45) is 4.17. The third-order valence-corrected chi connectivity index (χ3v) is 5.82. The van der Waals surface area contributed by atoms with Crippen LogP contribution in [0.1, 0.15) is 45.8 Å². The van der Waals surface area contributed by atoms with E-state index in [4.69, 9.17) is 5.73 Å². The number of hydrogen-bond donors (Lipinski definition) is 3. The van der Waals surface area contributed by atoms with E-state index in [0.717, 1.165) is 60.1 Å². The smallest absolute Gasteiger partial charge is 0.250 e. The number of nitrogens with one attached hydrogen (secondary N) is 2. The van der Waals surface area contributed by atoms with Gasteiger partial charge in [0.2, 0.25) is 0 Å². The molecule has 0 spiro atoms. The Bertz CT molecular complexity index is 1130. The van der Waals surface area contributed by atoms with E-state index in [9.17, 15) is 10.1 Å². The molecule has 4 rings (SSSR count). The van der Waals surface area contributed by atoms with Crippen LogP contribution in [0.25, 0.3) is 22.0 Å². The van der Waals surface area contributed by atoms with E-state index in [-0.39, 0.29) is 0 Å². The molecule has 1 aliphatic rings. The number of carbonyl (C=O) groups excluding carboxylic acids is 1. The molecule has 0 atom stereocenters. The number of benzene rings is 2. The quantitative estimate of drug-likeness (QED) is 0.611. The van der Waals surface area contributed by atoms with Crippen molar-refractivity contribution < 1.29 is 4.79 Å². The van der Waals surface area contributed by atoms with Gasteiger partial charge in [-0.2, -0.15) is 5.26 Å². The average molecular weight is 402 g/mol. The number of carbonyl (C=O) groups is 1. The van der Waals surface area contributed by atoms with E-state index in [0.29, 0.717) is 17.0 Å². The van der Waals surface area contributed by atoms with Gasteiger partial charge in [0.15, 0.2) is 0 Å². The van der Waals surface area contributed by atoms with Crippen LogP contribution in [-0.2, 0) is 6.54 Å². The molecule has 0 unspecified atom stereocenters. The van der Waals surface area contributed by atoms with Crippen LogP contribution in [0.3, 0.4) is 0 Å². The van der Waals surface area contributed by atoms with Gasteiger partial charge < -0.3 is 20.9 Å². The van der Waals surface area contributed by atoms with Crippen molar-refractivity contribution in [3.8, 4) is 17.2 Å². The zero-order valence-electron chi connectivity index (χ0n) is 17.5. The lowest BCUT2D eigenvalue weighted by molar-refractivity contribution is 0.100. The van der Waals surface area contributed by atoms with Gasteiger partial charge in [0.1, 0.15) is 0 Å². The highest BCUT2D eigenvalue weighted by Gasteiger charge is 2.21. The fraction of sp³-hybridized carbons (Fsp3) is 0.333. The third-order valence-electron chi connectivity index (χ3n) is 5.82. The van der Waals surface area contributed by atoms with Crippen LogP contribution >= 0.6 is 0 Å². The summed E-state index contributed by atoms with van der Waals surface area (Å²) < 4.78 is 0. The molecule has 0 bridgehead atoms. The molecular formula is C24H27N5O. The van der Waals surface area contributed by atoms with Crippen LogP contribution in [0.15, 0.2) is 36.5 Å². The first-order valence-electron chi connectivity index (χ1n) is 10.3. The standard InChI is InChI=1S/C24H27N5O/c1-29(2)14-16-7-15(12-25)8-18(9-16)19-10-20-22(17-3-5-27-6-4-17)13-28-23(20)21(11-19)24(26)30/h7-11,13,17,27-28H,3-6,14H2,1-2H3,(H2,26,30). The summed E-state index contributed by atoms with van der Waals surface area (Å²) in [5.74, 6) is -0.00349. The summed E-state index contributed by atoms with van der Waals surface area (Å²) in [7, 11) is 4.00. The molecule has 6 nitrogen and oxygen atoms in total. The lowest BCUT2D eigenvalue weighted by atomic mass is 9.88. The molecule has 154 valence electrons. The molecule has 1 saturated heterocycles. The number of fused-ring (bicyclic) bond motifs is 1. The van der Waals surface area contributed by atoms with E-state index in [1.54, 1.807) is 0 Å². The molecule has 2 heterocycles. The van der Waals surface area contributed by atoms with Gasteiger partial charge in [0, 0.05) is 18.1 Å². The van der Waals surface area contributed by atoms with Crippen LogP contribution < -0.4 is 11.1 Å². The zero-order valence-corrected chi connectivity index (χ0v) is 17.5. The summed E-state index contributed by atoms with van der Waals surface area (Å²) in [6, 6.07) is 12.1. The van der Waals surface area contributed by atoms with Crippen LogP contribution in [0.5, 0.6) is 0 Å². The molecule has 0 radical (unpaired) electrons. The van der Waals surface area contributed by atoms with Gasteiger partial charge in [-0.25, -0.2) is 0 Å². The molecule has 6 heteroatoms. The molecular weight excluding hydrogens is 374 g/mol. The molecule has 2 aromatic carbocycles. The number of piperidine rings is 1. The van der Waals surface area contributed by atoms with Gasteiger partial charge in [0.05, 0.1) is 22.7 Å². The van der Waals surface area contributed by atoms with E-state index in [2.05, 4.69) is 33.4 Å². The first-order chi connectivity index (χ1) is 14.5. The van der Waals surface area contributed by atoms with Crippen LogP contribution in [0.2, 0.25) is 0 Å². The Balaban J connectivity index is 1.89. The van der Waals surface area contributed by atoms with Crippen LogP contribution in [0, 0.1) is 11.3 Å². The SMILES string of the molecule is CN(C)Cc1cc(C#N)cc(-c2cc(C(N)=O)c3[nH]cc(C4CCNCC4)c3c2)c1. The summed E-state index contributed by atoms with van der Waals surface area (Å²) in [6.45, 7) is 2.73. The maximum absolute atomic E-state index is 12.3. The molecule has 1 amide bonds. The Morgan fingerprint density at radius 2 is 1.90 bits per heavy atom. The first-order valence-corrected chi connectivity index (χ1v) is 10.3. The monoisotopic (exact) mass is 401 g/mol. The second-order valence-electron chi connectivity index (χ2n) is 8.35. The Morgan fingerprint density at radius 3 is 2.57 bits per heavy atom. The Kier molecular flexibility index (Phi) is 5.58. The summed E-state index contributed by atoms with van der Waals surface area (Å²) >= 11 is 0. The largest absolute Gasteiger partial charge is 0.366 e. The molecule has 1 aliphatic heterocycles. The lowest BCUT2D eigenvalue weighted by Gasteiger charge is -2.22. The molecule has 30 heavy (non-hydrogen) atoms. The number of hydrogen-bond acceptors (Lipinski definition) is 4. The highest BCUT2D eigenvalue weighted by molar-refractivity contribution is 6.07. The summed E-state index contributed by atoms with van der Waals surface area (Å²) in [4.78, 5) is 17.6. The minimum Gasteiger partial charge on any atom is -0.366 e. The zero-order chi connectivity index (χ0) is 21.3. The van der Waals surface area contributed by atoms with E-state index in [1.807, 2.05) is 38.5 Å². The normalized spacial score (nSPS) is 14.9. The average Bonchev–Trinajstić information content (AvgIpc) is 3.16. The number of nitrogens with two attached hydrogens (primary N) is 1. The van der Waals surface area contributed by atoms with Crippen LogP contribution in [-0.4, -0.2) is 43.0 Å². The van der Waals surface area contributed by atoms with E-state index >= 15 is 0 Å². The van der Waals surface area contributed by atoms with Crippen LogP contribution in [0.4, 0.5) is 0 Å². The Hall–Kier alpha value is -3.14. The van der Waals surface area contributed by atoms with E-state index in [1.165, 1.54) is 5.56 Å². The summed E-state index contributed by atoms with van der Waals surface area (Å²) in [5.41, 5.74) is 11.8. The topological polar surface area (TPSA) is 97.9 Å². The van der Waals surface area contributed by atoms with E-state index < -0.39 is 5.91 Å². The van der Waals surface area contributed by atoms with Gasteiger partial charge in [-0.3, -0.25) is 4.79 Å². The number of rotatable bonds is 5. The molecule has 1 fully saturated rings. The van der Waals surface area contributed by atoms with Crippen molar-refractivity contribution in [2.75, 3.05) is 27.2 Å². The third kappa shape index (κ3) is 3.95. The van der Waals surface area contributed by atoms with Gasteiger partial charge in [-0.15, -0.1) is 0 Å². The molecule has 0 aliphatic carbocycles. The number of amides is 1. The molecule has 0 saturated carbocycles. The van der Waals surface area contributed by atoms with Crippen molar-refractivity contribution in [3.63, 3.8) is 0 Å². The number of nitrogens with zero attached hydrogens (tertiary/aromatic N) is 2. The van der Waals surface area contributed by atoms with Gasteiger partial charge >= 0.3 is 0 Å². The number of aromatic nitrogens is 1. The van der Waals surface area contributed by atoms with Gasteiger partial charge in [0.25, 0.3) is 5.91 Å². The predicted octanol–water partition coefficient (Wildman–Crippen LogP) is 3.33. The maximum Gasteiger partial charge on any atom is 0.250 e. The second-order valence-corrected chi connectivity index (χ2v) is 8.35. The second kappa shape index (κ2) is 8.31. The predicted molar refractivity (Wildman–Crippen MR) is 119 cm³/mol. The fourth-order valence-electron chi connectivity index (χ4n) is 4.46.